The van der Waals surface area contributed by atoms with E-state index in [2.05, 4.69) is 92.4 Å². The highest BCUT2D eigenvalue weighted by molar-refractivity contribution is 6.08. The second-order valence-corrected chi connectivity index (χ2v) is 39.1. The third-order valence-corrected chi connectivity index (χ3v) is 27.1. The summed E-state index contributed by atoms with van der Waals surface area (Å²) in [4.78, 5) is 46.5. The number of hydrogen-bond acceptors (Lipinski definition) is 8. The fourth-order valence-electron chi connectivity index (χ4n) is 19.9. The van der Waals surface area contributed by atoms with Gasteiger partial charge in [0.2, 0.25) is 22.7 Å². The van der Waals surface area contributed by atoms with Crippen molar-refractivity contribution in [1.29, 1.82) is 0 Å². The number of aromatic nitrogens is 9. The Bertz CT molecular complexity index is 7410. The topological polar surface area (TPSA) is 196 Å². The van der Waals surface area contributed by atoms with Crippen LogP contribution in [0.3, 0.4) is 0 Å². The van der Waals surface area contributed by atoms with Crippen molar-refractivity contribution >= 4 is 101 Å². The van der Waals surface area contributed by atoms with Crippen LogP contribution >= 0.6 is 0 Å². The maximum absolute atomic E-state index is 16.6. The Morgan fingerprint density at radius 1 is 0.322 bits per heavy atom. The van der Waals surface area contributed by atoms with E-state index in [0.29, 0.717) is 70.5 Å². The lowest BCUT2D eigenvalue weighted by atomic mass is 9.62. The van der Waals surface area contributed by atoms with E-state index < -0.39 is 81.4 Å². The van der Waals surface area contributed by atoms with Gasteiger partial charge in [0.1, 0.15) is 58.2 Å². The average molecular weight is 1950 g/mol. The highest BCUT2D eigenvalue weighted by atomic mass is 19.2. The van der Waals surface area contributed by atoms with Crippen LogP contribution in [0, 0.1) is 142 Å². The van der Waals surface area contributed by atoms with Gasteiger partial charge in [-0.05, 0) is 132 Å². The molecule has 730 valence electrons. The lowest BCUT2D eigenvalue weighted by molar-refractivity contribution is 0.0926. The van der Waals surface area contributed by atoms with E-state index in [0.717, 1.165) is 62.1 Å². The maximum atomic E-state index is 16.6. The van der Waals surface area contributed by atoms with Gasteiger partial charge in [-0.2, -0.15) is 0 Å². The van der Waals surface area contributed by atoms with Gasteiger partial charge in [-0.15, -0.1) is 0 Å². The van der Waals surface area contributed by atoms with E-state index in [1.165, 1.54) is 49.2 Å². The minimum absolute atomic E-state index is 0.00463. The highest BCUT2D eigenvalue weighted by Gasteiger charge is 2.43. The summed E-state index contributed by atoms with van der Waals surface area (Å²) < 4.78 is 208. The van der Waals surface area contributed by atoms with Crippen LogP contribution in [-0.2, 0) is 0 Å². The van der Waals surface area contributed by atoms with Crippen molar-refractivity contribution in [1.82, 2.24) is 44.9 Å². The zero-order valence-electron chi connectivity index (χ0n) is 80.2. The second kappa shape index (κ2) is 40.5. The predicted molar refractivity (Wildman–Crippen MR) is 538 cm³/mol. The Labute approximate surface area is 816 Å². The van der Waals surface area contributed by atoms with Crippen LogP contribution < -0.4 is 21.3 Å². The molecule has 0 aliphatic heterocycles. The number of benzene rings is 8. The average Bonchev–Trinajstić information content (AvgIpc) is 1.67. The summed E-state index contributed by atoms with van der Waals surface area (Å²) in [6.07, 6.45) is 13.6. The smallest absolute Gasteiger partial charge is 0.223 e. The SMILES string of the molecule is [C-]#[N+]c1c(-c2c[nH]c3c(F)cc(F)cc23)nc(NC(CC)C(C)(C)C)c(F)c1-c1ccccc1.[C-]#[N+]c1c(-c2c[nH]c3c(F)cc(F)cc23)nc(N[C@@H](CC)C(C)(C)C)c(F)c1-c1ccccc1.[C-]#[N+]c1c(-c2c[nH]c3c(F)cc(F)cc23)nc(N[C@H](CC)C(C)(C)C)c(F)c1-c1ccccc1.[C-]#[N+]c1c(-c2c[nH]c3c(F)cc(F)cc23)nc(N[C@H]2C3CCC(CC3)[C@@H]2C)c(F)c1-c1c[nH]c2c(F)cc(F)cc12. The fourth-order valence-corrected chi connectivity index (χ4v) is 19.9. The van der Waals surface area contributed by atoms with Gasteiger partial charge in [0.05, 0.1) is 76.6 Å². The van der Waals surface area contributed by atoms with Crippen LogP contribution in [0.1, 0.15) is 135 Å². The van der Waals surface area contributed by atoms with Crippen LogP contribution in [0.15, 0.2) is 183 Å². The first kappa shape index (κ1) is 100. The quantitative estimate of drug-likeness (QED) is 0.0282. The molecule has 0 saturated heterocycles. The molecule has 5 atom stereocenters. The second-order valence-electron chi connectivity index (χ2n) is 39.1. The highest BCUT2D eigenvalue weighted by Crippen LogP contribution is 2.54. The Morgan fingerprint density at radius 3 is 0.797 bits per heavy atom. The summed E-state index contributed by atoms with van der Waals surface area (Å²) in [6, 6.07) is 35.4. The molecule has 0 spiro atoms. The number of nitrogens with zero attached hydrogens (tertiary/aromatic N) is 8. The van der Waals surface area contributed by atoms with Crippen LogP contribution in [0.25, 0.3) is 163 Å². The first-order valence-corrected chi connectivity index (χ1v) is 46.7. The van der Waals surface area contributed by atoms with Crippen molar-refractivity contribution in [2.24, 2.45) is 34.0 Å². The van der Waals surface area contributed by atoms with Gasteiger partial charge in [-0.3, -0.25) is 0 Å². The zero-order chi connectivity index (χ0) is 102. The van der Waals surface area contributed by atoms with Gasteiger partial charge in [0, 0.05) is 157 Å². The van der Waals surface area contributed by atoms with Crippen molar-refractivity contribution < 1.29 is 61.5 Å². The maximum Gasteiger partial charge on any atom is 0.223 e. The molecule has 0 amide bonds. The molecule has 1 unspecified atom stereocenters. The Hall–Kier alpha value is -15.8. The first-order valence-electron chi connectivity index (χ1n) is 46.7. The summed E-state index contributed by atoms with van der Waals surface area (Å²) in [6.45, 7) is 58.1. The van der Waals surface area contributed by atoms with E-state index in [9.17, 15) is 43.9 Å². The normalized spacial score (nSPS) is 15.2. The minimum Gasteiger partial charge on any atom is -0.364 e. The van der Waals surface area contributed by atoms with Crippen LogP contribution in [0.4, 0.5) is 107 Å². The number of fused-ring (bicyclic) bond motifs is 8. The Balaban J connectivity index is 0.000000137. The van der Waals surface area contributed by atoms with Crippen molar-refractivity contribution in [3.05, 3.63) is 310 Å². The van der Waals surface area contributed by atoms with Crippen molar-refractivity contribution in [2.75, 3.05) is 21.3 Å². The summed E-state index contributed by atoms with van der Waals surface area (Å²) in [5, 5.41) is 13.9. The van der Waals surface area contributed by atoms with Gasteiger partial charge in [0.15, 0.2) is 46.5 Å². The molecular formula is C112H99F14N17. The molecular weight excluding hydrogens is 1850 g/mol. The number of anilines is 4. The number of H-pyrrole nitrogens is 5. The molecule has 17 aromatic rings. The number of rotatable bonds is 19. The standard InChI is InChI=1S/C31H24F5N5.3C27H25F3N4/c1-13-14-3-5-15(6-4-14)26(13)40-31-25(36)24(20-11-38-27-18(20)7-16(32)9-22(27)34)30(37-2)29(41-31)21-12-39-28-19(21)8-17(33)10-23(28)35;3*1-6-20(27(2,3)4)33-26-22(30)21(15-10-8-7-9-11-15)25(31-5)24(34-26)18-14-32-23-17(18)12-16(28)13-19(23)29/h7-15,26,38-39H,3-6H2,1H3,(H,40,41);3*7-14,20,32H,6H2,1-4H3,(H,33,34)/t13-,14?,15?,26+;2*20-;/m010./s1. The van der Waals surface area contributed by atoms with Crippen LogP contribution in [-0.4, -0.2) is 69.0 Å². The summed E-state index contributed by atoms with van der Waals surface area (Å²) in [5.74, 6) is -9.72. The predicted octanol–water partition coefficient (Wildman–Crippen LogP) is 33.2. The molecule has 17 nitrogen and oxygen atoms in total. The molecule has 0 radical (unpaired) electrons. The Morgan fingerprint density at radius 2 is 0.552 bits per heavy atom. The first-order chi connectivity index (χ1) is 68.2. The molecule has 20 rings (SSSR count). The van der Waals surface area contributed by atoms with E-state index >= 15 is 17.6 Å². The molecule has 9 aromatic heterocycles. The molecule has 3 aliphatic rings. The molecule has 8 aromatic carbocycles. The van der Waals surface area contributed by atoms with Crippen molar-refractivity contribution in [3.63, 3.8) is 0 Å². The monoisotopic (exact) mass is 1950 g/mol. The van der Waals surface area contributed by atoms with Gasteiger partial charge < -0.3 is 46.2 Å². The van der Waals surface area contributed by atoms with Gasteiger partial charge >= 0.3 is 0 Å². The zero-order valence-corrected chi connectivity index (χ0v) is 80.2. The van der Waals surface area contributed by atoms with Gasteiger partial charge in [-0.25, -0.2) is 101 Å². The van der Waals surface area contributed by atoms with Crippen molar-refractivity contribution in [2.45, 2.75) is 159 Å². The molecule has 9 N–H and O–H groups in total. The van der Waals surface area contributed by atoms with Crippen LogP contribution in [0.2, 0.25) is 0 Å². The Kier molecular flexibility index (Phi) is 28.4. The largest absolute Gasteiger partial charge is 0.364 e. The number of pyridine rings is 4. The lowest BCUT2D eigenvalue weighted by Crippen LogP contribution is -2.47. The number of aromatic amines is 5. The molecule has 2 bridgehead atoms. The van der Waals surface area contributed by atoms with Crippen molar-refractivity contribution in [3.8, 4) is 89.5 Å². The molecule has 31 heteroatoms. The van der Waals surface area contributed by atoms with Crippen LogP contribution in [0.5, 0.6) is 0 Å². The van der Waals surface area contributed by atoms with Gasteiger partial charge in [0.25, 0.3) is 0 Å². The third-order valence-electron chi connectivity index (χ3n) is 27.1. The molecule has 9 heterocycles. The summed E-state index contributed by atoms with van der Waals surface area (Å²) >= 11 is 0. The molecule has 143 heavy (non-hydrogen) atoms. The van der Waals surface area contributed by atoms with E-state index in [1.54, 1.807) is 91.0 Å². The molecule has 3 fully saturated rings. The van der Waals surface area contributed by atoms with Gasteiger partial charge in [-0.1, -0.05) is 181 Å². The fraction of sp³-hybridized carbons (Fsp3) is 0.268. The van der Waals surface area contributed by atoms with E-state index in [-0.39, 0.29) is 203 Å². The molecule has 3 aliphatic carbocycles. The molecule has 3 saturated carbocycles. The van der Waals surface area contributed by atoms with E-state index in [4.69, 9.17) is 26.3 Å². The number of nitrogens with one attached hydrogen (secondary N) is 9. The third kappa shape index (κ3) is 19.6. The summed E-state index contributed by atoms with van der Waals surface area (Å²) in [5.41, 5.74) is 2.65. The number of halogens is 14. The lowest BCUT2D eigenvalue weighted by Gasteiger charge is -2.47. The van der Waals surface area contributed by atoms with E-state index in [1.807, 2.05) is 83.1 Å². The summed E-state index contributed by atoms with van der Waals surface area (Å²) in [7, 11) is 0. The minimum atomic E-state index is -0.863. The number of hydrogen-bond donors (Lipinski definition) is 9.